The molecule has 3 aromatic rings. The van der Waals surface area contributed by atoms with E-state index < -0.39 is 0 Å². The highest BCUT2D eigenvalue weighted by Gasteiger charge is 2.18. The molecule has 0 atom stereocenters. The summed E-state index contributed by atoms with van der Waals surface area (Å²) in [6, 6.07) is 5.34. The minimum atomic E-state index is -0.307. The average Bonchev–Trinajstić information content (AvgIpc) is 2.72. The summed E-state index contributed by atoms with van der Waals surface area (Å²) in [6.07, 6.45) is 3.23. The van der Waals surface area contributed by atoms with Crippen LogP contribution in [0.5, 0.6) is 0 Å². The number of aryl methyl sites for hydroxylation is 2. The molecule has 1 amide bonds. The smallest absolute Gasteiger partial charge is 0.276 e. The molecule has 0 aliphatic heterocycles. The molecule has 2 aromatic heterocycles. The van der Waals surface area contributed by atoms with Crippen LogP contribution in [0.1, 0.15) is 16.2 Å². The fourth-order valence-electron chi connectivity index (χ4n) is 2.18. The Kier molecular flexibility index (Phi) is 3.02. The third-order valence-electron chi connectivity index (χ3n) is 3.21. The van der Waals surface area contributed by atoms with E-state index in [2.05, 4.69) is 20.4 Å². The monoisotopic (exact) mass is 282 g/mol. The molecule has 3 rings (SSSR count). The zero-order valence-corrected chi connectivity index (χ0v) is 11.7. The van der Waals surface area contributed by atoms with E-state index in [0.717, 1.165) is 5.52 Å². The van der Waals surface area contributed by atoms with E-state index in [0.29, 0.717) is 28.3 Å². The maximum Gasteiger partial charge on any atom is 0.276 e. The summed E-state index contributed by atoms with van der Waals surface area (Å²) in [5, 5.41) is 6.93. The van der Waals surface area contributed by atoms with Gasteiger partial charge in [0.15, 0.2) is 0 Å². The van der Waals surface area contributed by atoms with Crippen molar-refractivity contribution in [2.24, 2.45) is 7.05 Å². The molecule has 7 heteroatoms. The van der Waals surface area contributed by atoms with Crippen molar-refractivity contribution in [3.05, 3.63) is 42.0 Å². The minimum absolute atomic E-state index is 0.307. The molecule has 106 valence electrons. The lowest BCUT2D eigenvalue weighted by atomic mass is 10.2. The fourth-order valence-corrected chi connectivity index (χ4v) is 2.18. The van der Waals surface area contributed by atoms with Gasteiger partial charge >= 0.3 is 0 Å². The molecule has 0 unspecified atom stereocenters. The number of nitrogens with two attached hydrogens (primary N) is 1. The summed E-state index contributed by atoms with van der Waals surface area (Å²) in [4.78, 5) is 20.7. The fraction of sp³-hybridized carbons (Fsp3) is 0.143. The Hall–Kier alpha value is -2.96. The normalized spacial score (nSPS) is 10.8. The van der Waals surface area contributed by atoms with E-state index in [1.54, 1.807) is 44.6 Å². The SMILES string of the molecule is Cc1nn(C)c(C(=O)Nc2ccc3nccnc3c2)c1N. The second kappa shape index (κ2) is 4.86. The van der Waals surface area contributed by atoms with Gasteiger partial charge in [0.2, 0.25) is 0 Å². The Morgan fingerprint density at radius 2 is 1.95 bits per heavy atom. The van der Waals surface area contributed by atoms with Gasteiger partial charge in [-0.25, -0.2) is 0 Å². The van der Waals surface area contributed by atoms with Crippen LogP contribution in [-0.2, 0) is 7.05 Å². The van der Waals surface area contributed by atoms with E-state index in [9.17, 15) is 4.79 Å². The van der Waals surface area contributed by atoms with Crippen molar-refractivity contribution in [2.45, 2.75) is 6.92 Å². The first kappa shape index (κ1) is 13.0. The number of carbonyl (C=O) groups is 1. The lowest BCUT2D eigenvalue weighted by Gasteiger charge is -2.07. The van der Waals surface area contributed by atoms with Crippen LogP contribution in [0.2, 0.25) is 0 Å². The second-order valence-electron chi connectivity index (χ2n) is 4.69. The van der Waals surface area contributed by atoms with Gasteiger partial charge in [0.05, 0.1) is 22.4 Å². The van der Waals surface area contributed by atoms with Crippen molar-refractivity contribution in [2.75, 3.05) is 11.1 Å². The highest BCUT2D eigenvalue weighted by molar-refractivity contribution is 6.07. The van der Waals surface area contributed by atoms with Gasteiger partial charge in [0, 0.05) is 25.1 Å². The highest BCUT2D eigenvalue weighted by atomic mass is 16.2. The van der Waals surface area contributed by atoms with Crippen LogP contribution in [0.4, 0.5) is 11.4 Å². The van der Waals surface area contributed by atoms with E-state index in [4.69, 9.17) is 5.73 Å². The van der Waals surface area contributed by atoms with Gasteiger partial charge in [-0.15, -0.1) is 0 Å². The topological polar surface area (TPSA) is 98.7 Å². The first-order valence-corrected chi connectivity index (χ1v) is 6.37. The predicted molar refractivity (Wildman–Crippen MR) is 79.8 cm³/mol. The number of anilines is 2. The third kappa shape index (κ3) is 2.29. The van der Waals surface area contributed by atoms with Crippen LogP contribution in [0.15, 0.2) is 30.6 Å². The Morgan fingerprint density at radius 1 is 1.24 bits per heavy atom. The Morgan fingerprint density at radius 3 is 2.62 bits per heavy atom. The highest BCUT2D eigenvalue weighted by Crippen LogP contribution is 2.19. The van der Waals surface area contributed by atoms with Crippen molar-refractivity contribution >= 4 is 28.3 Å². The molecule has 0 fully saturated rings. The lowest BCUT2D eigenvalue weighted by Crippen LogP contribution is -2.17. The molecule has 0 saturated heterocycles. The van der Waals surface area contributed by atoms with Gasteiger partial charge in [0.1, 0.15) is 5.69 Å². The van der Waals surface area contributed by atoms with E-state index in [1.807, 2.05) is 0 Å². The summed E-state index contributed by atoms with van der Waals surface area (Å²) < 4.78 is 1.47. The van der Waals surface area contributed by atoms with Crippen molar-refractivity contribution < 1.29 is 4.79 Å². The molecule has 0 bridgehead atoms. The zero-order chi connectivity index (χ0) is 15.0. The van der Waals surface area contributed by atoms with Gasteiger partial charge in [-0.05, 0) is 25.1 Å². The summed E-state index contributed by atoms with van der Waals surface area (Å²) in [6.45, 7) is 1.76. The Balaban J connectivity index is 1.92. The minimum Gasteiger partial charge on any atom is -0.395 e. The van der Waals surface area contributed by atoms with E-state index >= 15 is 0 Å². The Bertz CT molecular complexity index is 839. The number of nitrogens with zero attached hydrogens (tertiary/aromatic N) is 4. The van der Waals surface area contributed by atoms with Crippen LogP contribution in [0.3, 0.4) is 0 Å². The second-order valence-corrected chi connectivity index (χ2v) is 4.69. The van der Waals surface area contributed by atoms with Crippen LogP contribution in [0, 0.1) is 6.92 Å². The van der Waals surface area contributed by atoms with Gasteiger partial charge in [-0.2, -0.15) is 5.10 Å². The van der Waals surface area contributed by atoms with Gasteiger partial charge in [-0.1, -0.05) is 0 Å². The molecule has 1 aromatic carbocycles. The number of carbonyl (C=O) groups excluding carboxylic acids is 1. The predicted octanol–water partition coefficient (Wildman–Crippen LogP) is 1.51. The van der Waals surface area contributed by atoms with E-state index in [1.165, 1.54) is 4.68 Å². The lowest BCUT2D eigenvalue weighted by molar-refractivity contribution is 0.101. The summed E-state index contributed by atoms with van der Waals surface area (Å²) >= 11 is 0. The number of amides is 1. The standard InChI is InChI=1S/C14H14N6O/c1-8-12(15)13(20(2)19-8)14(21)18-9-3-4-10-11(7-9)17-6-5-16-10/h3-7H,15H2,1-2H3,(H,18,21). The molecule has 0 saturated carbocycles. The van der Waals surface area contributed by atoms with Crippen molar-refractivity contribution in [3.8, 4) is 0 Å². The van der Waals surface area contributed by atoms with Crippen molar-refractivity contribution in [3.63, 3.8) is 0 Å². The maximum absolute atomic E-state index is 12.3. The molecular formula is C14H14N6O. The molecule has 2 heterocycles. The molecule has 21 heavy (non-hydrogen) atoms. The maximum atomic E-state index is 12.3. The number of fused-ring (bicyclic) bond motifs is 1. The summed E-state index contributed by atoms with van der Waals surface area (Å²) in [7, 11) is 1.68. The van der Waals surface area contributed by atoms with Crippen LogP contribution in [0.25, 0.3) is 11.0 Å². The van der Waals surface area contributed by atoms with Gasteiger partial charge < -0.3 is 11.1 Å². The third-order valence-corrected chi connectivity index (χ3v) is 3.21. The molecule has 0 spiro atoms. The largest absolute Gasteiger partial charge is 0.395 e. The molecular weight excluding hydrogens is 268 g/mol. The van der Waals surface area contributed by atoms with Crippen molar-refractivity contribution in [1.82, 2.24) is 19.7 Å². The van der Waals surface area contributed by atoms with Gasteiger partial charge in [0.25, 0.3) is 5.91 Å². The zero-order valence-electron chi connectivity index (χ0n) is 11.7. The molecule has 7 nitrogen and oxygen atoms in total. The van der Waals surface area contributed by atoms with E-state index in [-0.39, 0.29) is 5.91 Å². The molecule has 0 aliphatic carbocycles. The number of benzene rings is 1. The number of hydrogen-bond donors (Lipinski definition) is 2. The summed E-state index contributed by atoms with van der Waals surface area (Å²) in [5.74, 6) is -0.307. The number of aromatic nitrogens is 4. The number of rotatable bonds is 2. The quantitative estimate of drug-likeness (QED) is 0.742. The number of hydrogen-bond acceptors (Lipinski definition) is 5. The van der Waals surface area contributed by atoms with Crippen LogP contribution in [-0.4, -0.2) is 25.7 Å². The number of nitrogens with one attached hydrogen (secondary N) is 1. The first-order valence-electron chi connectivity index (χ1n) is 6.37. The van der Waals surface area contributed by atoms with Gasteiger partial charge in [-0.3, -0.25) is 19.4 Å². The van der Waals surface area contributed by atoms with Crippen LogP contribution >= 0.6 is 0 Å². The average molecular weight is 282 g/mol. The van der Waals surface area contributed by atoms with Crippen LogP contribution < -0.4 is 11.1 Å². The van der Waals surface area contributed by atoms with Crippen molar-refractivity contribution in [1.29, 1.82) is 0 Å². The first-order chi connectivity index (χ1) is 10.1. The Labute approximate surface area is 120 Å². The molecule has 0 aliphatic rings. The molecule has 3 N–H and O–H groups in total. The summed E-state index contributed by atoms with van der Waals surface area (Å²) in [5.41, 5.74) is 9.35. The molecule has 0 radical (unpaired) electrons. The number of nitrogen functional groups attached to an aromatic ring is 1.